The first kappa shape index (κ1) is 11.8. The van der Waals surface area contributed by atoms with Gasteiger partial charge in [-0.3, -0.25) is 4.68 Å². The predicted molar refractivity (Wildman–Crippen MR) is 63.3 cm³/mol. The van der Waals surface area contributed by atoms with Crippen molar-refractivity contribution in [3.63, 3.8) is 0 Å². The fourth-order valence-electron chi connectivity index (χ4n) is 1.50. The molecule has 0 spiro atoms. The highest BCUT2D eigenvalue weighted by atomic mass is 79.9. The van der Waals surface area contributed by atoms with E-state index in [1.165, 1.54) is 16.8 Å². The second-order valence-corrected chi connectivity index (χ2v) is 4.33. The van der Waals surface area contributed by atoms with Crippen molar-refractivity contribution >= 4 is 21.9 Å². The third-order valence-electron chi connectivity index (χ3n) is 2.31. The SMILES string of the molecule is Cn1nc(C(=O)O)cc1-c1ccc(Br)c(F)c1. The molecule has 2 rings (SSSR count). The van der Waals surface area contributed by atoms with Gasteiger partial charge in [-0.05, 0) is 34.1 Å². The maximum atomic E-state index is 13.4. The van der Waals surface area contributed by atoms with Crippen LogP contribution in [0.5, 0.6) is 0 Å². The van der Waals surface area contributed by atoms with Crippen molar-refractivity contribution in [2.24, 2.45) is 7.05 Å². The Labute approximate surface area is 105 Å². The van der Waals surface area contributed by atoms with E-state index in [9.17, 15) is 9.18 Å². The van der Waals surface area contributed by atoms with Crippen molar-refractivity contribution < 1.29 is 14.3 Å². The summed E-state index contributed by atoms with van der Waals surface area (Å²) in [7, 11) is 1.61. The molecule has 0 bridgehead atoms. The number of carbonyl (C=O) groups is 1. The van der Waals surface area contributed by atoms with Gasteiger partial charge in [-0.25, -0.2) is 9.18 Å². The smallest absolute Gasteiger partial charge is 0.356 e. The van der Waals surface area contributed by atoms with Crippen LogP contribution in [-0.2, 0) is 7.05 Å². The zero-order valence-corrected chi connectivity index (χ0v) is 10.4. The van der Waals surface area contributed by atoms with Crippen molar-refractivity contribution in [3.05, 3.63) is 40.2 Å². The van der Waals surface area contributed by atoms with Crippen LogP contribution in [0.2, 0.25) is 0 Å². The van der Waals surface area contributed by atoms with Gasteiger partial charge in [0.2, 0.25) is 0 Å². The van der Waals surface area contributed by atoms with Gasteiger partial charge in [-0.2, -0.15) is 5.10 Å². The molecule has 1 aromatic heterocycles. The van der Waals surface area contributed by atoms with Crippen molar-refractivity contribution in [3.8, 4) is 11.3 Å². The van der Waals surface area contributed by atoms with Crippen LogP contribution in [0.25, 0.3) is 11.3 Å². The van der Waals surface area contributed by atoms with Crippen LogP contribution in [0.4, 0.5) is 4.39 Å². The van der Waals surface area contributed by atoms with Crippen molar-refractivity contribution in [1.82, 2.24) is 9.78 Å². The predicted octanol–water partition coefficient (Wildman–Crippen LogP) is 2.69. The van der Waals surface area contributed by atoms with Gasteiger partial charge < -0.3 is 5.11 Å². The van der Waals surface area contributed by atoms with Crippen molar-refractivity contribution in [1.29, 1.82) is 0 Å². The molecule has 0 aliphatic rings. The summed E-state index contributed by atoms with van der Waals surface area (Å²) < 4.78 is 15.1. The Morgan fingerprint density at radius 2 is 2.18 bits per heavy atom. The molecular weight excluding hydrogens is 291 g/mol. The molecule has 0 radical (unpaired) electrons. The Kier molecular flexibility index (Phi) is 2.97. The van der Waals surface area contributed by atoms with Crippen molar-refractivity contribution in [2.75, 3.05) is 0 Å². The minimum absolute atomic E-state index is 0.0640. The molecule has 0 amide bonds. The van der Waals surface area contributed by atoms with E-state index in [1.54, 1.807) is 19.2 Å². The summed E-state index contributed by atoms with van der Waals surface area (Å²) >= 11 is 3.06. The summed E-state index contributed by atoms with van der Waals surface area (Å²) in [5.41, 5.74) is 1.06. The number of aryl methyl sites for hydroxylation is 1. The molecule has 17 heavy (non-hydrogen) atoms. The number of carboxylic acid groups (broad SMARTS) is 1. The van der Waals surface area contributed by atoms with Gasteiger partial charge in [0.15, 0.2) is 5.69 Å². The fourth-order valence-corrected chi connectivity index (χ4v) is 1.74. The van der Waals surface area contributed by atoms with E-state index in [2.05, 4.69) is 21.0 Å². The topological polar surface area (TPSA) is 55.1 Å². The summed E-state index contributed by atoms with van der Waals surface area (Å²) in [6, 6.07) is 5.99. The molecule has 0 saturated heterocycles. The zero-order chi connectivity index (χ0) is 12.6. The number of hydrogen-bond acceptors (Lipinski definition) is 2. The van der Waals surface area contributed by atoms with Crippen LogP contribution in [0.1, 0.15) is 10.5 Å². The first-order valence-electron chi connectivity index (χ1n) is 4.72. The number of carboxylic acids is 1. The third-order valence-corrected chi connectivity index (χ3v) is 2.96. The zero-order valence-electron chi connectivity index (χ0n) is 8.82. The second kappa shape index (κ2) is 4.29. The van der Waals surface area contributed by atoms with Gasteiger partial charge in [0.25, 0.3) is 0 Å². The Morgan fingerprint density at radius 3 is 2.71 bits per heavy atom. The molecule has 0 fully saturated rings. The van der Waals surface area contributed by atoms with Crippen LogP contribution in [0, 0.1) is 5.82 Å². The maximum Gasteiger partial charge on any atom is 0.356 e. The highest BCUT2D eigenvalue weighted by Crippen LogP contribution is 2.24. The van der Waals surface area contributed by atoms with E-state index < -0.39 is 11.8 Å². The Bertz CT molecular complexity index is 595. The van der Waals surface area contributed by atoms with Crippen LogP contribution < -0.4 is 0 Å². The number of nitrogens with zero attached hydrogens (tertiary/aromatic N) is 2. The normalized spacial score (nSPS) is 10.5. The molecule has 0 saturated carbocycles. The molecule has 1 N–H and O–H groups in total. The van der Waals surface area contributed by atoms with Crippen LogP contribution in [0.15, 0.2) is 28.7 Å². The number of benzene rings is 1. The summed E-state index contributed by atoms with van der Waals surface area (Å²) in [4.78, 5) is 10.8. The molecule has 88 valence electrons. The van der Waals surface area contributed by atoms with Gasteiger partial charge >= 0.3 is 5.97 Å². The third kappa shape index (κ3) is 2.21. The monoisotopic (exact) mass is 298 g/mol. The highest BCUT2D eigenvalue weighted by molar-refractivity contribution is 9.10. The Balaban J connectivity index is 2.52. The molecule has 6 heteroatoms. The Hall–Kier alpha value is -1.69. The van der Waals surface area contributed by atoms with Gasteiger partial charge in [0.1, 0.15) is 5.82 Å². The van der Waals surface area contributed by atoms with Gasteiger partial charge in [0.05, 0.1) is 10.2 Å². The van der Waals surface area contributed by atoms with E-state index in [4.69, 9.17) is 5.11 Å². The average molecular weight is 299 g/mol. The summed E-state index contributed by atoms with van der Waals surface area (Å²) in [6.07, 6.45) is 0. The molecule has 1 heterocycles. The quantitative estimate of drug-likeness (QED) is 0.927. The highest BCUT2D eigenvalue weighted by Gasteiger charge is 2.13. The lowest BCUT2D eigenvalue weighted by Gasteiger charge is -2.02. The molecule has 4 nitrogen and oxygen atoms in total. The molecule has 0 atom stereocenters. The molecule has 0 aliphatic heterocycles. The number of aromatic nitrogens is 2. The summed E-state index contributed by atoms with van der Waals surface area (Å²) in [5.74, 6) is -1.51. The minimum atomic E-state index is -1.11. The minimum Gasteiger partial charge on any atom is -0.476 e. The summed E-state index contributed by atoms with van der Waals surface area (Å²) in [5, 5.41) is 12.6. The number of hydrogen-bond donors (Lipinski definition) is 1. The van der Waals surface area contributed by atoms with Gasteiger partial charge in [0, 0.05) is 12.6 Å². The van der Waals surface area contributed by atoms with E-state index in [-0.39, 0.29) is 5.69 Å². The maximum absolute atomic E-state index is 13.4. The summed E-state index contributed by atoms with van der Waals surface area (Å²) in [6.45, 7) is 0. The molecule has 0 unspecified atom stereocenters. The lowest BCUT2D eigenvalue weighted by Crippen LogP contribution is -1.99. The molecular formula is C11H8BrFN2O2. The Morgan fingerprint density at radius 1 is 1.47 bits per heavy atom. The molecule has 0 aliphatic carbocycles. The van der Waals surface area contributed by atoms with Crippen LogP contribution >= 0.6 is 15.9 Å². The van der Waals surface area contributed by atoms with E-state index >= 15 is 0 Å². The number of halogens is 2. The van der Waals surface area contributed by atoms with E-state index in [1.807, 2.05) is 0 Å². The van der Waals surface area contributed by atoms with E-state index in [0.717, 1.165) is 0 Å². The standard InChI is InChI=1S/C11H8BrFN2O2/c1-15-10(5-9(14-15)11(16)17)6-2-3-7(12)8(13)4-6/h2-5H,1H3,(H,16,17). The second-order valence-electron chi connectivity index (χ2n) is 3.47. The first-order chi connectivity index (χ1) is 7.99. The number of aromatic carboxylic acids is 1. The van der Waals surface area contributed by atoms with Crippen LogP contribution in [-0.4, -0.2) is 20.9 Å². The average Bonchev–Trinajstić information content (AvgIpc) is 2.65. The van der Waals surface area contributed by atoms with Gasteiger partial charge in [-0.15, -0.1) is 0 Å². The van der Waals surface area contributed by atoms with Gasteiger partial charge in [-0.1, -0.05) is 6.07 Å². The molecule has 2 aromatic rings. The van der Waals surface area contributed by atoms with Crippen LogP contribution in [0.3, 0.4) is 0 Å². The fraction of sp³-hybridized carbons (Fsp3) is 0.0909. The van der Waals surface area contributed by atoms with E-state index in [0.29, 0.717) is 15.7 Å². The largest absolute Gasteiger partial charge is 0.476 e. The first-order valence-corrected chi connectivity index (χ1v) is 5.51. The lowest BCUT2D eigenvalue weighted by atomic mass is 10.1. The van der Waals surface area contributed by atoms with Crippen molar-refractivity contribution in [2.45, 2.75) is 0 Å². The number of rotatable bonds is 2. The molecule has 1 aromatic carbocycles. The lowest BCUT2D eigenvalue weighted by molar-refractivity contribution is 0.0689.